The van der Waals surface area contributed by atoms with Crippen LogP contribution in [0.5, 0.6) is 0 Å². The molecule has 4 heteroatoms. The normalized spacial score (nSPS) is 36.0. The smallest absolute Gasteiger partial charge is 0.307 e. The zero-order valence-electron chi connectivity index (χ0n) is 12.0. The van der Waals surface area contributed by atoms with Crippen molar-refractivity contribution in [3.05, 3.63) is 12.2 Å². The highest BCUT2D eigenvalue weighted by molar-refractivity contribution is 5.86. The molecule has 2 saturated carbocycles. The number of carboxylic acid groups (broad SMARTS) is 1. The van der Waals surface area contributed by atoms with Gasteiger partial charge in [-0.05, 0) is 42.9 Å². The zero-order chi connectivity index (χ0) is 14.3. The zero-order valence-corrected chi connectivity index (χ0v) is 12.0. The van der Waals surface area contributed by atoms with E-state index in [2.05, 4.69) is 12.2 Å². The summed E-state index contributed by atoms with van der Waals surface area (Å²) in [5, 5.41) is 12.4. The number of carboxylic acids is 1. The highest BCUT2D eigenvalue weighted by Crippen LogP contribution is 2.50. The van der Waals surface area contributed by atoms with Crippen LogP contribution in [0.15, 0.2) is 12.2 Å². The maximum absolute atomic E-state index is 12.4. The molecule has 3 aliphatic rings. The summed E-state index contributed by atoms with van der Waals surface area (Å²) in [6.07, 6.45) is 9.53. The largest absolute Gasteiger partial charge is 0.481 e. The minimum Gasteiger partial charge on any atom is -0.481 e. The molecule has 3 aliphatic carbocycles. The number of carbonyl (C=O) groups is 2. The van der Waals surface area contributed by atoms with Crippen molar-refractivity contribution >= 4 is 11.9 Å². The number of amides is 1. The highest BCUT2D eigenvalue weighted by Gasteiger charge is 2.52. The van der Waals surface area contributed by atoms with Gasteiger partial charge in [0.1, 0.15) is 0 Å². The Morgan fingerprint density at radius 1 is 1.25 bits per heavy atom. The lowest BCUT2D eigenvalue weighted by molar-refractivity contribution is -0.147. The van der Waals surface area contributed by atoms with Crippen LogP contribution in [-0.2, 0) is 9.59 Å². The van der Waals surface area contributed by atoms with Crippen molar-refractivity contribution in [2.45, 2.75) is 39.0 Å². The molecule has 2 N–H and O–H groups in total. The Labute approximate surface area is 119 Å². The van der Waals surface area contributed by atoms with Crippen LogP contribution >= 0.6 is 0 Å². The number of nitrogens with one attached hydrogen (secondary N) is 1. The number of carbonyl (C=O) groups excluding carboxylic acids is 1. The lowest BCUT2D eigenvalue weighted by atomic mass is 9.82. The van der Waals surface area contributed by atoms with E-state index in [4.69, 9.17) is 0 Å². The Bertz CT molecular complexity index is 453. The minimum atomic E-state index is -0.823. The molecular weight excluding hydrogens is 254 g/mol. The van der Waals surface area contributed by atoms with Crippen LogP contribution in [0.25, 0.3) is 0 Å². The molecule has 0 aromatic carbocycles. The van der Waals surface area contributed by atoms with Crippen LogP contribution in [0.4, 0.5) is 0 Å². The Hall–Kier alpha value is -1.32. The van der Waals surface area contributed by atoms with Crippen LogP contribution in [0.1, 0.15) is 39.0 Å². The van der Waals surface area contributed by atoms with E-state index in [1.165, 1.54) is 12.8 Å². The monoisotopic (exact) mass is 277 g/mol. The molecular formula is C16H23NO3. The van der Waals surface area contributed by atoms with Crippen molar-refractivity contribution in [1.82, 2.24) is 5.32 Å². The molecule has 20 heavy (non-hydrogen) atoms. The molecule has 0 saturated heterocycles. The average Bonchev–Trinajstić information content (AvgIpc) is 2.87. The van der Waals surface area contributed by atoms with Gasteiger partial charge < -0.3 is 10.4 Å². The first-order chi connectivity index (χ1) is 9.56. The Balaban J connectivity index is 1.62. The fraction of sp³-hybridized carbons (Fsp3) is 0.750. The average molecular weight is 277 g/mol. The van der Waals surface area contributed by atoms with Crippen LogP contribution < -0.4 is 5.32 Å². The van der Waals surface area contributed by atoms with Gasteiger partial charge in [0.15, 0.2) is 0 Å². The summed E-state index contributed by atoms with van der Waals surface area (Å²) in [5.41, 5.74) is 0.316. The van der Waals surface area contributed by atoms with E-state index >= 15 is 0 Å². The van der Waals surface area contributed by atoms with Crippen molar-refractivity contribution in [2.75, 3.05) is 6.54 Å². The van der Waals surface area contributed by atoms with Crippen molar-refractivity contribution in [3.8, 4) is 0 Å². The third kappa shape index (κ3) is 2.25. The van der Waals surface area contributed by atoms with E-state index in [0.717, 1.165) is 25.8 Å². The molecule has 2 fully saturated rings. The Morgan fingerprint density at radius 3 is 2.45 bits per heavy atom. The third-order valence-corrected chi connectivity index (χ3v) is 5.42. The van der Waals surface area contributed by atoms with Gasteiger partial charge in [-0.1, -0.05) is 25.5 Å². The van der Waals surface area contributed by atoms with Gasteiger partial charge in [0.05, 0.1) is 11.8 Å². The highest BCUT2D eigenvalue weighted by atomic mass is 16.4. The summed E-state index contributed by atoms with van der Waals surface area (Å²) >= 11 is 0. The molecule has 0 heterocycles. The van der Waals surface area contributed by atoms with Crippen molar-refractivity contribution < 1.29 is 14.7 Å². The molecule has 0 aliphatic heterocycles. The molecule has 0 aromatic rings. The molecule has 2 unspecified atom stereocenters. The van der Waals surface area contributed by atoms with E-state index in [1.807, 2.05) is 12.2 Å². The summed E-state index contributed by atoms with van der Waals surface area (Å²) in [7, 11) is 0. The summed E-state index contributed by atoms with van der Waals surface area (Å²) in [5.74, 6) is -1.57. The van der Waals surface area contributed by atoms with Gasteiger partial charge in [-0.2, -0.15) is 0 Å². The number of allylic oxidation sites excluding steroid dienone is 2. The lowest BCUT2D eigenvalue weighted by Gasteiger charge is -2.25. The summed E-state index contributed by atoms with van der Waals surface area (Å²) < 4.78 is 0. The van der Waals surface area contributed by atoms with Gasteiger partial charge in [-0.25, -0.2) is 0 Å². The summed E-state index contributed by atoms with van der Waals surface area (Å²) in [6, 6.07) is 0. The van der Waals surface area contributed by atoms with Crippen molar-refractivity contribution in [1.29, 1.82) is 0 Å². The molecule has 2 bridgehead atoms. The first kappa shape index (κ1) is 13.7. The van der Waals surface area contributed by atoms with E-state index in [-0.39, 0.29) is 23.7 Å². The van der Waals surface area contributed by atoms with Gasteiger partial charge in [0.2, 0.25) is 5.91 Å². The number of aliphatic carboxylic acids is 1. The second-order valence-electron chi connectivity index (χ2n) is 6.81. The van der Waals surface area contributed by atoms with Gasteiger partial charge in [0.25, 0.3) is 0 Å². The van der Waals surface area contributed by atoms with E-state index < -0.39 is 11.9 Å². The maximum atomic E-state index is 12.4. The van der Waals surface area contributed by atoms with Gasteiger partial charge >= 0.3 is 5.97 Å². The van der Waals surface area contributed by atoms with Gasteiger partial charge in [-0.3, -0.25) is 9.59 Å². The molecule has 4 atom stereocenters. The standard InChI is InChI=1S/C16H23NO3/c1-2-5-16(6-7-16)9-17-14(18)12-10-3-4-11(8-10)13(12)15(19)20/h3-4,10-13H,2,5-9H2,1H3,(H,17,18)(H,19,20)/t10?,11?,12-,13+/m0/s1. The molecule has 3 rings (SSSR count). The van der Waals surface area contributed by atoms with Crippen LogP contribution in [0.3, 0.4) is 0 Å². The maximum Gasteiger partial charge on any atom is 0.307 e. The second kappa shape index (κ2) is 4.90. The van der Waals surface area contributed by atoms with E-state index in [0.29, 0.717) is 5.41 Å². The van der Waals surface area contributed by atoms with Crippen LogP contribution in [-0.4, -0.2) is 23.5 Å². The predicted octanol–water partition coefficient (Wildman–Crippen LogP) is 2.21. The fourth-order valence-electron chi connectivity index (χ4n) is 4.13. The SMILES string of the molecule is CCCC1(CNC(=O)[C@H]2C3C=CC(C3)[C@H]2C(=O)O)CC1. The van der Waals surface area contributed by atoms with E-state index in [1.54, 1.807) is 0 Å². The Morgan fingerprint density at radius 2 is 1.90 bits per heavy atom. The fourth-order valence-corrected chi connectivity index (χ4v) is 4.13. The number of rotatable bonds is 6. The minimum absolute atomic E-state index is 0.0448. The van der Waals surface area contributed by atoms with Crippen LogP contribution in [0, 0.1) is 29.1 Å². The third-order valence-electron chi connectivity index (χ3n) is 5.42. The number of fused-ring (bicyclic) bond motifs is 2. The molecule has 110 valence electrons. The van der Waals surface area contributed by atoms with Crippen molar-refractivity contribution in [3.63, 3.8) is 0 Å². The molecule has 0 aromatic heterocycles. The van der Waals surface area contributed by atoms with E-state index in [9.17, 15) is 14.7 Å². The number of hydrogen-bond donors (Lipinski definition) is 2. The molecule has 0 radical (unpaired) electrons. The van der Waals surface area contributed by atoms with Crippen LogP contribution in [0.2, 0.25) is 0 Å². The van der Waals surface area contributed by atoms with Crippen molar-refractivity contribution in [2.24, 2.45) is 29.1 Å². The second-order valence-corrected chi connectivity index (χ2v) is 6.81. The van der Waals surface area contributed by atoms with Gasteiger partial charge in [-0.15, -0.1) is 0 Å². The number of hydrogen-bond acceptors (Lipinski definition) is 2. The molecule has 0 spiro atoms. The summed E-state index contributed by atoms with van der Waals surface area (Å²) in [4.78, 5) is 23.8. The Kier molecular flexibility index (Phi) is 3.35. The summed E-state index contributed by atoms with van der Waals surface area (Å²) in [6.45, 7) is 2.90. The first-order valence-corrected chi connectivity index (χ1v) is 7.75. The first-order valence-electron chi connectivity index (χ1n) is 7.75. The van der Waals surface area contributed by atoms with Gasteiger partial charge in [0, 0.05) is 6.54 Å². The lowest BCUT2D eigenvalue weighted by Crippen LogP contribution is -2.42. The topological polar surface area (TPSA) is 66.4 Å². The molecule has 4 nitrogen and oxygen atoms in total. The molecule has 1 amide bonds. The predicted molar refractivity (Wildman–Crippen MR) is 74.9 cm³/mol. The quantitative estimate of drug-likeness (QED) is 0.731.